The van der Waals surface area contributed by atoms with Gasteiger partial charge in [0.25, 0.3) is 0 Å². The number of unbranched alkanes of at least 4 members (excludes halogenated alkanes) is 8. The molecule has 1 unspecified atom stereocenters. The standard InChI is InChI=1S/C38H60O7/c1-10-11-12-13-14-15-16-17-18-19-29(40)44-37-22-27(6)36-21-26(5)31(41)38(36,43)33(45-35(9,23-39)24(2)3)25(4)20-28(32(36)42)30(37)34(37,7)8/h20-21,23-24,27-28,30-31,33,41,43H,10-19,22H2,1-9H3/t27-,28+,30?,31+,33-,35-,36+,37+,38-/m1/s1. The lowest BCUT2D eigenvalue weighted by atomic mass is 9.58. The minimum absolute atomic E-state index is 0.177. The molecule has 1 spiro atoms. The molecule has 4 aliphatic rings. The number of allylic oxidation sites excluding steroid dienone is 1. The van der Waals surface area contributed by atoms with Crippen molar-refractivity contribution in [2.45, 2.75) is 162 Å². The van der Waals surface area contributed by atoms with Crippen molar-refractivity contribution in [3.63, 3.8) is 0 Å². The Morgan fingerprint density at radius 1 is 1.07 bits per heavy atom. The summed E-state index contributed by atoms with van der Waals surface area (Å²) in [7, 11) is 0. The van der Waals surface area contributed by atoms with Gasteiger partial charge in [0, 0.05) is 23.7 Å². The fraction of sp³-hybridized carbons (Fsp3) is 0.816. The number of carbonyl (C=O) groups excluding carboxylic acids is 3. The maximum absolute atomic E-state index is 14.9. The number of fused-ring (bicyclic) bond motifs is 3. The van der Waals surface area contributed by atoms with Crippen LogP contribution in [0.4, 0.5) is 0 Å². The highest BCUT2D eigenvalue weighted by molar-refractivity contribution is 5.96. The zero-order valence-corrected chi connectivity index (χ0v) is 29.4. The molecular weight excluding hydrogens is 568 g/mol. The largest absolute Gasteiger partial charge is 0.458 e. The first-order valence-electron chi connectivity index (χ1n) is 17.7. The molecule has 4 rings (SSSR count). The summed E-state index contributed by atoms with van der Waals surface area (Å²) in [5, 5.41) is 24.5. The molecule has 2 N–H and O–H groups in total. The summed E-state index contributed by atoms with van der Waals surface area (Å²) in [6.45, 7) is 17.3. The minimum atomic E-state index is -2.04. The maximum atomic E-state index is 14.9. The van der Waals surface area contributed by atoms with Gasteiger partial charge in [0.2, 0.25) is 0 Å². The Bertz CT molecular complexity index is 1200. The molecule has 0 radical (unpaired) electrons. The van der Waals surface area contributed by atoms with Crippen molar-refractivity contribution >= 4 is 18.0 Å². The molecule has 4 aliphatic carbocycles. The Labute approximate surface area is 271 Å². The van der Waals surface area contributed by atoms with Gasteiger partial charge in [-0.15, -0.1) is 0 Å². The van der Waals surface area contributed by atoms with Crippen molar-refractivity contribution in [1.82, 2.24) is 0 Å². The Balaban J connectivity index is 1.62. The van der Waals surface area contributed by atoms with Crippen LogP contribution in [-0.4, -0.2) is 57.3 Å². The lowest BCUT2D eigenvalue weighted by Gasteiger charge is -2.51. The first kappa shape index (κ1) is 36.0. The van der Waals surface area contributed by atoms with Gasteiger partial charge >= 0.3 is 5.97 Å². The number of aliphatic hydroxyl groups excluding tert-OH is 1. The molecule has 0 heterocycles. The van der Waals surface area contributed by atoms with Crippen LogP contribution in [0.25, 0.3) is 0 Å². The molecule has 7 heteroatoms. The predicted molar refractivity (Wildman–Crippen MR) is 175 cm³/mol. The smallest absolute Gasteiger partial charge is 0.306 e. The highest BCUT2D eigenvalue weighted by Crippen LogP contribution is 2.75. The van der Waals surface area contributed by atoms with E-state index >= 15 is 0 Å². The molecule has 9 atom stereocenters. The molecule has 45 heavy (non-hydrogen) atoms. The molecule has 0 aromatic heterocycles. The summed E-state index contributed by atoms with van der Waals surface area (Å²) in [5.74, 6) is -2.03. The summed E-state index contributed by atoms with van der Waals surface area (Å²) in [6, 6.07) is 0. The van der Waals surface area contributed by atoms with Gasteiger partial charge in [-0.25, -0.2) is 0 Å². The lowest BCUT2D eigenvalue weighted by Crippen LogP contribution is -2.67. The van der Waals surface area contributed by atoms with E-state index in [4.69, 9.17) is 9.47 Å². The van der Waals surface area contributed by atoms with Gasteiger partial charge in [-0.1, -0.05) is 105 Å². The average Bonchev–Trinajstić information content (AvgIpc) is 3.39. The number of aliphatic hydroxyl groups is 2. The summed E-state index contributed by atoms with van der Waals surface area (Å²) in [6.07, 6.45) is 13.1. The quantitative estimate of drug-likeness (QED) is 0.0864. The number of aldehydes is 1. The third kappa shape index (κ3) is 5.61. The lowest BCUT2D eigenvalue weighted by molar-refractivity contribution is -0.225. The fourth-order valence-electron chi connectivity index (χ4n) is 9.26. The Kier molecular flexibility index (Phi) is 10.4. The Hall–Kier alpha value is -1.83. The van der Waals surface area contributed by atoms with E-state index in [1.54, 1.807) is 19.9 Å². The van der Waals surface area contributed by atoms with E-state index in [0.29, 0.717) is 24.0 Å². The Morgan fingerprint density at radius 3 is 2.20 bits per heavy atom. The third-order valence-corrected chi connectivity index (χ3v) is 12.5. The van der Waals surface area contributed by atoms with Crippen LogP contribution < -0.4 is 0 Å². The summed E-state index contributed by atoms with van der Waals surface area (Å²) < 4.78 is 13.0. The molecule has 0 amide bonds. The molecule has 2 saturated carbocycles. The van der Waals surface area contributed by atoms with Gasteiger partial charge in [-0.2, -0.15) is 0 Å². The molecule has 0 saturated heterocycles. The van der Waals surface area contributed by atoms with Crippen LogP contribution in [0.2, 0.25) is 0 Å². The molecule has 2 fully saturated rings. The van der Waals surface area contributed by atoms with Crippen molar-refractivity contribution < 1.29 is 34.1 Å². The zero-order chi connectivity index (χ0) is 33.6. The number of rotatable bonds is 15. The van der Waals surface area contributed by atoms with Crippen LogP contribution in [0, 0.1) is 34.5 Å². The van der Waals surface area contributed by atoms with E-state index in [2.05, 4.69) is 20.8 Å². The van der Waals surface area contributed by atoms with Crippen LogP contribution >= 0.6 is 0 Å². The van der Waals surface area contributed by atoms with Crippen molar-refractivity contribution in [1.29, 1.82) is 0 Å². The number of carbonyl (C=O) groups is 3. The van der Waals surface area contributed by atoms with Gasteiger partial charge in [0.05, 0.1) is 5.41 Å². The number of hydrogen-bond acceptors (Lipinski definition) is 7. The van der Waals surface area contributed by atoms with Crippen molar-refractivity contribution in [3.8, 4) is 0 Å². The maximum Gasteiger partial charge on any atom is 0.306 e. The molecule has 0 aliphatic heterocycles. The summed E-state index contributed by atoms with van der Waals surface area (Å²) in [5.41, 5.74) is -4.99. The molecular formula is C38H60O7. The topological polar surface area (TPSA) is 110 Å². The molecule has 7 nitrogen and oxygen atoms in total. The Morgan fingerprint density at radius 2 is 1.64 bits per heavy atom. The second kappa shape index (κ2) is 13.0. The normalized spacial score (nSPS) is 37.9. The van der Waals surface area contributed by atoms with Crippen LogP contribution in [0.1, 0.15) is 133 Å². The number of Topliss-reactive ketones (excluding diaryl/α,β-unsaturated/α-hetero) is 1. The third-order valence-electron chi connectivity index (χ3n) is 12.5. The van der Waals surface area contributed by atoms with Crippen LogP contribution in [0.5, 0.6) is 0 Å². The van der Waals surface area contributed by atoms with E-state index in [-0.39, 0.29) is 23.6 Å². The van der Waals surface area contributed by atoms with Crippen LogP contribution in [0.15, 0.2) is 23.3 Å². The average molecular weight is 629 g/mol. The van der Waals surface area contributed by atoms with E-state index < -0.39 is 51.7 Å². The highest BCUT2D eigenvalue weighted by atomic mass is 16.6. The summed E-state index contributed by atoms with van der Waals surface area (Å²) in [4.78, 5) is 40.6. The number of ether oxygens (including phenoxy) is 2. The molecule has 0 aromatic carbocycles. The van der Waals surface area contributed by atoms with Gasteiger partial charge in [-0.05, 0) is 56.6 Å². The minimum Gasteiger partial charge on any atom is -0.458 e. The van der Waals surface area contributed by atoms with Gasteiger partial charge < -0.3 is 24.5 Å². The first-order valence-corrected chi connectivity index (χ1v) is 17.7. The monoisotopic (exact) mass is 628 g/mol. The van der Waals surface area contributed by atoms with Crippen molar-refractivity contribution in [3.05, 3.63) is 23.3 Å². The number of hydrogen-bond donors (Lipinski definition) is 2. The number of ketones is 1. The van der Waals surface area contributed by atoms with E-state index in [1.807, 2.05) is 33.8 Å². The SMILES string of the molecule is CCCCCCCCCCCC(=O)O[C@@]12C[C@@H](C)[C@]34C=C(C)[C@H](O)[C@@]3(O)[C@H](O[C@](C)(C=O)C(C)C)C(C)=C[C@H](C4=O)C1C2(C)C. The van der Waals surface area contributed by atoms with Crippen molar-refractivity contribution in [2.75, 3.05) is 0 Å². The van der Waals surface area contributed by atoms with Crippen LogP contribution in [-0.2, 0) is 23.9 Å². The molecule has 2 bridgehead atoms. The summed E-state index contributed by atoms with van der Waals surface area (Å²) >= 11 is 0. The predicted octanol–water partition coefficient (Wildman–Crippen LogP) is 7.07. The molecule has 254 valence electrons. The fourth-order valence-corrected chi connectivity index (χ4v) is 9.26. The van der Waals surface area contributed by atoms with E-state index in [0.717, 1.165) is 25.5 Å². The van der Waals surface area contributed by atoms with Gasteiger partial charge in [0.1, 0.15) is 29.0 Å². The van der Waals surface area contributed by atoms with E-state index in [1.165, 1.54) is 38.5 Å². The van der Waals surface area contributed by atoms with Crippen molar-refractivity contribution in [2.24, 2.45) is 34.5 Å². The van der Waals surface area contributed by atoms with Crippen LogP contribution in [0.3, 0.4) is 0 Å². The van der Waals surface area contributed by atoms with Gasteiger partial charge in [0.15, 0.2) is 12.1 Å². The zero-order valence-electron chi connectivity index (χ0n) is 29.4. The second-order valence-corrected chi connectivity index (χ2v) is 16.0. The highest BCUT2D eigenvalue weighted by Gasteiger charge is 2.83. The molecule has 0 aromatic rings. The second-order valence-electron chi connectivity index (χ2n) is 16.0. The van der Waals surface area contributed by atoms with E-state index in [9.17, 15) is 24.6 Å². The van der Waals surface area contributed by atoms with Gasteiger partial charge in [-0.3, -0.25) is 9.59 Å². The first-order chi connectivity index (χ1) is 21.0. The number of esters is 1.